The van der Waals surface area contributed by atoms with E-state index in [4.69, 9.17) is 0 Å². The van der Waals surface area contributed by atoms with Crippen molar-refractivity contribution in [2.75, 3.05) is 13.1 Å². The first kappa shape index (κ1) is 15.7. The second-order valence-electron chi connectivity index (χ2n) is 5.60. The average molecular weight is 293 g/mol. The Kier molecular flexibility index (Phi) is 4.77. The van der Waals surface area contributed by atoms with Gasteiger partial charge in [0.15, 0.2) is 0 Å². The second-order valence-corrected chi connectivity index (χ2v) is 5.60. The summed E-state index contributed by atoms with van der Waals surface area (Å²) in [6, 6.07) is 0. The first-order valence-electron chi connectivity index (χ1n) is 7.57. The van der Waals surface area contributed by atoms with E-state index in [1.54, 1.807) is 11.8 Å². The molecule has 0 aliphatic carbocycles. The molecular weight excluding hydrogens is 270 g/mol. The zero-order valence-electron chi connectivity index (χ0n) is 12.8. The van der Waals surface area contributed by atoms with Gasteiger partial charge < -0.3 is 10.0 Å². The molecule has 6 nitrogen and oxygen atoms in total. The summed E-state index contributed by atoms with van der Waals surface area (Å²) in [7, 11) is 0. The van der Waals surface area contributed by atoms with Gasteiger partial charge in [0.25, 0.3) is 11.5 Å². The molecule has 2 unspecified atom stereocenters. The number of aromatic amines is 1. The number of carbonyl (C=O) groups is 1. The Morgan fingerprint density at radius 2 is 2.19 bits per heavy atom. The van der Waals surface area contributed by atoms with Gasteiger partial charge in [0.1, 0.15) is 5.56 Å². The minimum atomic E-state index is -0.435. The molecule has 2 N–H and O–H groups in total. The predicted octanol–water partition coefficient (Wildman–Crippen LogP) is 0.738. The van der Waals surface area contributed by atoms with Crippen LogP contribution in [0.15, 0.2) is 4.79 Å². The average Bonchev–Trinajstić information content (AvgIpc) is 2.96. The predicted molar refractivity (Wildman–Crippen MR) is 79.3 cm³/mol. The molecule has 1 saturated heterocycles. The highest BCUT2D eigenvalue weighted by atomic mass is 16.3. The summed E-state index contributed by atoms with van der Waals surface area (Å²) in [4.78, 5) is 26.4. The molecule has 21 heavy (non-hydrogen) atoms. The Bertz CT molecular complexity index is 580. The van der Waals surface area contributed by atoms with Gasteiger partial charge in [-0.1, -0.05) is 13.8 Å². The molecule has 0 spiro atoms. The second kappa shape index (κ2) is 6.39. The summed E-state index contributed by atoms with van der Waals surface area (Å²) in [6.07, 6.45) is 1.62. The minimum absolute atomic E-state index is 0.0885. The monoisotopic (exact) mass is 293 g/mol. The Morgan fingerprint density at radius 3 is 2.71 bits per heavy atom. The van der Waals surface area contributed by atoms with Crippen molar-refractivity contribution in [2.45, 2.75) is 46.1 Å². The number of aryl methyl sites for hydroxylation is 1. The standard InChI is InChI=1S/C15H23N3O3/c1-4-11-12(5-2)16-17-14(20)13(11)15(21)18-7-6-10(8-18)9(3)19/h9-10,19H,4-8H2,1-3H3,(H,17,20). The van der Waals surface area contributed by atoms with Crippen molar-refractivity contribution in [1.29, 1.82) is 0 Å². The largest absolute Gasteiger partial charge is 0.393 e. The molecule has 1 aliphatic rings. The molecular formula is C15H23N3O3. The highest BCUT2D eigenvalue weighted by Gasteiger charge is 2.32. The van der Waals surface area contributed by atoms with E-state index in [-0.39, 0.29) is 17.4 Å². The molecule has 0 bridgehead atoms. The topological polar surface area (TPSA) is 86.3 Å². The highest BCUT2D eigenvalue weighted by Crippen LogP contribution is 2.22. The molecule has 2 atom stereocenters. The number of aliphatic hydroxyl groups excluding tert-OH is 1. The molecule has 0 saturated carbocycles. The van der Waals surface area contributed by atoms with Crippen LogP contribution in [0.5, 0.6) is 0 Å². The van der Waals surface area contributed by atoms with Gasteiger partial charge in [-0.25, -0.2) is 5.10 Å². The van der Waals surface area contributed by atoms with Crippen LogP contribution in [0.3, 0.4) is 0 Å². The van der Waals surface area contributed by atoms with E-state index in [1.807, 2.05) is 13.8 Å². The van der Waals surface area contributed by atoms with E-state index in [1.165, 1.54) is 0 Å². The molecule has 1 aliphatic heterocycles. The smallest absolute Gasteiger partial charge is 0.277 e. The summed E-state index contributed by atoms with van der Waals surface area (Å²) >= 11 is 0. The quantitative estimate of drug-likeness (QED) is 0.857. The van der Waals surface area contributed by atoms with Crippen LogP contribution >= 0.6 is 0 Å². The van der Waals surface area contributed by atoms with Gasteiger partial charge in [0.2, 0.25) is 0 Å². The molecule has 1 aromatic heterocycles. The lowest BCUT2D eigenvalue weighted by atomic mass is 10.0. The van der Waals surface area contributed by atoms with Gasteiger partial charge >= 0.3 is 0 Å². The fourth-order valence-electron chi connectivity index (χ4n) is 2.95. The number of nitrogens with one attached hydrogen (secondary N) is 1. The molecule has 1 fully saturated rings. The van der Waals surface area contributed by atoms with E-state index in [9.17, 15) is 14.7 Å². The molecule has 1 aromatic rings. The highest BCUT2D eigenvalue weighted by molar-refractivity contribution is 5.95. The number of rotatable bonds is 4. The Morgan fingerprint density at radius 1 is 1.48 bits per heavy atom. The van der Waals surface area contributed by atoms with Crippen LogP contribution in [0, 0.1) is 5.92 Å². The number of amides is 1. The molecule has 0 aromatic carbocycles. The Hall–Kier alpha value is -1.69. The number of hydrogen-bond donors (Lipinski definition) is 2. The van der Waals surface area contributed by atoms with Crippen LogP contribution in [0.25, 0.3) is 0 Å². The van der Waals surface area contributed by atoms with Crippen LogP contribution in [0.4, 0.5) is 0 Å². The summed E-state index contributed by atoms with van der Waals surface area (Å²) in [5.74, 6) is -0.154. The number of hydrogen-bond acceptors (Lipinski definition) is 4. The normalized spacial score (nSPS) is 19.8. The lowest BCUT2D eigenvalue weighted by molar-refractivity contribution is 0.0759. The molecule has 2 heterocycles. The van der Waals surface area contributed by atoms with Crippen molar-refractivity contribution >= 4 is 5.91 Å². The number of aromatic nitrogens is 2. The van der Waals surface area contributed by atoms with Crippen molar-refractivity contribution in [3.8, 4) is 0 Å². The zero-order chi connectivity index (χ0) is 15.6. The third kappa shape index (κ3) is 3.00. The van der Waals surface area contributed by atoms with Crippen molar-refractivity contribution in [3.05, 3.63) is 27.2 Å². The molecule has 0 radical (unpaired) electrons. The van der Waals surface area contributed by atoms with Crippen LogP contribution in [-0.2, 0) is 12.8 Å². The van der Waals surface area contributed by atoms with Gasteiger partial charge in [-0.05, 0) is 31.7 Å². The lowest BCUT2D eigenvalue weighted by Crippen LogP contribution is -2.36. The first-order valence-corrected chi connectivity index (χ1v) is 7.57. The number of carbonyl (C=O) groups excluding carboxylic acids is 1. The van der Waals surface area contributed by atoms with E-state index in [2.05, 4.69) is 10.2 Å². The number of aliphatic hydroxyl groups is 1. The van der Waals surface area contributed by atoms with Gasteiger partial charge in [0, 0.05) is 19.0 Å². The Balaban J connectivity index is 2.34. The van der Waals surface area contributed by atoms with Crippen molar-refractivity contribution < 1.29 is 9.90 Å². The number of H-pyrrole nitrogens is 1. The van der Waals surface area contributed by atoms with E-state index in [0.29, 0.717) is 25.9 Å². The van der Waals surface area contributed by atoms with Gasteiger partial charge in [-0.3, -0.25) is 9.59 Å². The third-order valence-electron chi connectivity index (χ3n) is 4.27. The minimum Gasteiger partial charge on any atom is -0.393 e. The Labute approximate surface area is 124 Å². The molecule has 6 heteroatoms. The van der Waals surface area contributed by atoms with Crippen LogP contribution in [0.2, 0.25) is 0 Å². The zero-order valence-corrected chi connectivity index (χ0v) is 12.8. The van der Waals surface area contributed by atoms with Gasteiger partial charge in [-0.15, -0.1) is 0 Å². The van der Waals surface area contributed by atoms with E-state index >= 15 is 0 Å². The van der Waals surface area contributed by atoms with Crippen molar-refractivity contribution in [1.82, 2.24) is 15.1 Å². The lowest BCUT2D eigenvalue weighted by Gasteiger charge is -2.19. The van der Waals surface area contributed by atoms with Crippen LogP contribution < -0.4 is 5.56 Å². The van der Waals surface area contributed by atoms with Crippen molar-refractivity contribution in [3.63, 3.8) is 0 Å². The summed E-state index contributed by atoms with van der Waals surface area (Å²) < 4.78 is 0. The number of nitrogens with zero attached hydrogens (tertiary/aromatic N) is 2. The summed E-state index contributed by atoms with van der Waals surface area (Å²) in [5.41, 5.74) is 1.31. The summed E-state index contributed by atoms with van der Waals surface area (Å²) in [6.45, 7) is 6.70. The van der Waals surface area contributed by atoms with Crippen LogP contribution in [0.1, 0.15) is 48.8 Å². The van der Waals surface area contributed by atoms with E-state index in [0.717, 1.165) is 17.7 Å². The molecule has 2 rings (SSSR count). The maximum Gasteiger partial charge on any atom is 0.277 e. The SMILES string of the molecule is CCc1n[nH]c(=O)c(C(=O)N2CCC(C(C)O)C2)c1CC. The van der Waals surface area contributed by atoms with Crippen molar-refractivity contribution in [2.24, 2.45) is 5.92 Å². The van der Waals surface area contributed by atoms with Crippen LogP contribution in [-0.4, -0.2) is 45.3 Å². The summed E-state index contributed by atoms with van der Waals surface area (Å²) in [5, 5.41) is 16.1. The maximum atomic E-state index is 12.7. The van der Waals surface area contributed by atoms with E-state index < -0.39 is 11.7 Å². The van der Waals surface area contributed by atoms with Gasteiger partial charge in [-0.2, -0.15) is 5.10 Å². The fourth-order valence-corrected chi connectivity index (χ4v) is 2.95. The number of likely N-dealkylation sites (tertiary alicyclic amines) is 1. The van der Waals surface area contributed by atoms with Gasteiger partial charge in [0.05, 0.1) is 11.8 Å². The molecule has 116 valence electrons. The molecule has 1 amide bonds. The fraction of sp³-hybridized carbons (Fsp3) is 0.667. The maximum absolute atomic E-state index is 12.7. The third-order valence-corrected chi connectivity index (χ3v) is 4.27. The first-order chi connectivity index (χ1) is 9.99.